The van der Waals surface area contributed by atoms with Gasteiger partial charge in [0.05, 0.1) is 6.54 Å². The van der Waals surface area contributed by atoms with Gasteiger partial charge in [-0.2, -0.15) is 4.48 Å². The first kappa shape index (κ1) is 20.8. The highest BCUT2D eigenvalue weighted by Gasteiger charge is 2.50. The number of quaternary nitrogens is 1. The van der Waals surface area contributed by atoms with Crippen molar-refractivity contribution in [3.63, 3.8) is 0 Å². The molecule has 29 heavy (non-hydrogen) atoms. The molecule has 2 aromatic carbocycles. The van der Waals surface area contributed by atoms with Crippen molar-refractivity contribution in [2.24, 2.45) is 5.73 Å². The lowest BCUT2D eigenvalue weighted by Crippen LogP contribution is -2.48. The van der Waals surface area contributed by atoms with Crippen molar-refractivity contribution in [2.75, 3.05) is 19.3 Å². The number of para-hydroxylation sites is 1. The highest BCUT2D eigenvalue weighted by atomic mass is 32.2. The standard InChI is InChI=1S/C20H22N4O4S/c1-29(28)17-12-14(19(21)22)6-8-16(17)24(11-10-23-20(24)27)15-5-3-2-4-13(15)7-9-18(25)26/h2-6,8,12H,7,9-11H2,1H3,(H4-,21,22,23,25,26,27)/p+1. The van der Waals surface area contributed by atoms with Crippen molar-refractivity contribution < 1.29 is 19.2 Å². The SMILES string of the molecule is C[S+]([O-])c1cc(C(=N)N)ccc1[N+]1(c2ccccc2CCC(=O)O)CCNC1=O. The number of rotatable bonds is 7. The van der Waals surface area contributed by atoms with E-state index >= 15 is 0 Å². The van der Waals surface area contributed by atoms with Crippen molar-refractivity contribution in [2.45, 2.75) is 17.7 Å². The summed E-state index contributed by atoms with van der Waals surface area (Å²) in [5.74, 6) is -1.07. The van der Waals surface area contributed by atoms with Gasteiger partial charge in [0.1, 0.15) is 24.3 Å². The van der Waals surface area contributed by atoms with Crippen molar-refractivity contribution in [3.05, 3.63) is 53.6 Å². The van der Waals surface area contributed by atoms with Crippen LogP contribution < -0.4 is 15.5 Å². The summed E-state index contributed by atoms with van der Waals surface area (Å²) in [5, 5.41) is 19.6. The van der Waals surface area contributed by atoms with E-state index in [0.29, 0.717) is 34.9 Å². The molecule has 5 N–H and O–H groups in total. The molecule has 0 aromatic heterocycles. The van der Waals surface area contributed by atoms with E-state index in [1.165, 1.54) is 6.26 Å². The predicted molar refractivity (Wildman–Crippen MR) is 112 cm³/mol. The largest absolute Gasteiger partial charge is 0.611 e. The first-order valence-corrected chi connectivity index (χ1v) is 10.6. The monoisotopic (exact) mass is 415 g/mol. The average molecular weight is 415 g/mol. The van der Waals surface area contributed by atoms with Crippen molar-refractivity contribution in [3.8, 4) is 0 Å². The molecule has 2 unspecified atom stereocenters. The van der Waals surface area contributed by atoms with Crippen molar-refractivity contribution in [1.82, 2.24) is 9.80 Å². The Morgan fingerprint density at radius 1 is 1.31 bits per heavy atom. The van der Waals surface area contributed by atoms with Gasteiger partial charge < -0.3 is 15.4 Å². The number of carboxylic acid groups (broad SMARTS) is 1. The fourth-order valence-corrected chi connectivity index (χ4v) is 4.53. The van der Waals surface area contributed by atoms with E-state index in [-0.39, 0.29) is 29.2 Å². The van der Waals surface area contributed by atoms with Gasteiger partial charge >= 0.3 is 12.0 Å². The summed E-state index contributed by atoms with van der Waals surface area (Å²) in [7, 11) is 0. The molecule has 0 spiro atoms. The van der Waals surface area contributed by atoms with Crippen molar-refractivity contribution >= 4 is 40.4 Å². The average Bonchev–Trinajstić information content (AvgIpc) is 3.07. The van der Waals surface area contributed by atoms with Crippen LogP contribution in [0.15, 0.2) is 47.4 Å². The molecule has 1 saturated heterocycles. The second-order valence-electron chi connectivity index (χ2n) is 6.84. The number of carbonyl (C=O) groups is 2. The van der Waals surface area contributed by atoms with Crippen LogP contribution in [0.1, 0.15) is 17.5 Å². The third kappa shape index (κ3) is 3.84. The molecule has 0 radical (unpaired) electrons. The number of hydrogen-bond donors (Lipinski definition) is 4. The van der Waals surface area contributed by atoms with E-state index in [4.69, 9.17) is 16.2 Å². The Hall–Kier alpha value is -2.88. The van der Waals surface area contributed by atoms with Crippen LogP contribution in [0.5, 0.6) is 0 Å². The van der Waals surface area contributed by atoms with Gasteiger partial charge in [0.2, 0.25) is 10.6 Å². The number of nitrogens with one attached hydrogen (secondary N) is 2. The van der Waals surface area contributed by atoms with E-state index in [1.807, 2.05) is 18.2 Å². The number of urea groups is 1. The van der Waals surface area contributed by atoms with Gasteiger partial charge in [-0.05, 0) is 23.7 Å². The Morgan fingerprint density at radius 3 is 2.62 bits per heavy atom. The Balaban J connectivity index is 2.25. The third-order valence-corrected chi connectivity index (χ3v) is 6.02. The van der Waals surface area contributed by atoms with Crippen LogP contribution in [-0.2, 0) is 22.4 Å². The molecule has 8 nitrogen and oxygen atoms in total. The van der Waals surface area contributed by atoms with Gasteiger partial charge in [0, 0.05) is 35.7 Å². The summed E-state index contributed by atoms with van der Waals surface area (Å²) >= 11 is -1.44. The summed E-state index contributed by atoms with van der Waals surface area (Å²) in [4.78, 5) is 24.7. The Bertz CT molecular complexity index is 979. The maximum absolute atomic E-state index is 13.2. The maximum atomic E-state index is 13.2. The summed E-state index contributed by atoms with van der Waals surface area (Å²) in [6.45, 7) is 0.822. The highest BCUT2D eigenvalue weighted by Crippen LogP contribution is 2.43. The van der Waals surface area contributed by atoms with Gasteiger partial charge in [0.25, 0.3) is 0 Å². The van der Waals surface area contributed by atoms with Crippen LogP contribution in [0, 0.1) is 5.41 Å². The number of carboxylic acids is 1. The van der Waals surface area contributed by atoms with E-state index in [9.17, 15) is 14.1 Å². The Labute approximate surface area is 171 Å². The van der Waals surface area contributed by atoms with Gasteiger partial charge in [-0.15, -0.1) is 0 Å². The molecule has 1 aliphatic rings. The molecular formula is C20H23N4O4S+. The highest BCUT2D eigenvalue weighted by molar-refractivity contribution is 7.90. The van der Waals surface area contributed by atoms with E-state index < -0.39 is 17.1 Å². The molecule has 3 rings (SSSR count). The zero-order valence-electron chi connectivity index (χ0n) is 16.0. The summed E-state index contributed by atoms with van der Waals surface area (Å²) in [5.41, 5.74) is 7.96. The first-order valence-electron chi connectivity index (χ1n) is 9.06. The lowest BCUT2D eigenvalue weighted by Gasteiger charge is -2.31. The minimum atomic E-state index is -1.44. The van der Waals surface area contributed by atoms with Crippen LogP contribution in [0.25, 0.3) is 0 Å². The molecule has 0 saturated carbocycles. The maximum Gasteiger partial charge on any atom is 0.427 e. The summed E-state index contributed by atoms with van der Waals surface area (Å²) in [6, 6.07) is 11.9. The zero-order chi connectivity index (χ0) is 21.2. The Morgan fingerprint density at radius 2 is 2.03 bits per heavy atom. The van der Waals surface area contributed by atoms with Crippen LogP contribution in [0.3, 0.4) is 0 Å². The number of aryl methyl sites for hydroxylation is 1. The number of benzene rings is 2. The fourth-order valence-electron chi connectivity index (χ4n) is 3.72. The van der Waals surface area contributed by atoms with Crippen LogP contribution >= 0.6 is 0 Å². The van der Waals surface area contributed by atoms with Gasteiger partial charge in [0.15, 0.2) is 0 Å². The van der Waals surface area contributed by atoms with Crippen LogP contribution in [0.2, 0.25) is 0 Å². The molecule has 0 bridgehead atoms. The number of hydrogen-bond acceptors (Lipinski definition) is 4. The zero-order valence-corrected chi connectivity index (χ0v) is 16.8. The predicted octanol–water partition coefficient (Wildman–Crippen LogP) is 2.09. The number of carbonyl (C=O) groups excluding carboxylic acids is 1. The molecule has 1 fully saturated rings. The van der Waals surface area contributed by atoms with Crippen LogP contribution in [-0.4, -0.2) is 46.8 Å². The lowest BCUT2D eigenvalue weighted by molar-refractivity contribution is -0.136. The minimum absolute atomic E-state index is 0.0610. The number of nitrogens with zero attached hydrogens (tertiary/aromatic N) is 1. The Kier molecular flexibility index (Phi) is 5.92. The first-order chi connectivity index (χ1) is 13.8. The topological polar surface area (TPSA) is 139 Å². The second-order valence-corrected chi connectivity index (χ2v) is 8.19. The molecule has 152 valence electrons. The normalized spacial score (nSPS) is 19.6. The molecule has 2 amide bonds. The molecule has 1 aliphatic heterocycles. The van der Waals surface area contributed by atoms with E-state index in [2.05, 4.69) is 5.32 Å². The number of aliphatic carboxylic acids is 1. The lowest BCUT2D eigenvalue weighted by atomic mass is 10.0. The molecule has 0 aliphatic carbocycles. The minimum Gasteiger partial charge on any atom is -0.611 e. The summed E-state index contributed by atoms with van der Waals surface area (Å²) < 4.78 is 12.4. The van der Waals surface area contributed by atoms with E-state index in [1.54, 1.807) is 24.3 Å². The molecular weight excluding hydrogens is 392 g/mol. The molecule has 1 heterocycles. The van der Waals surface area contributed by atoms with Crippen molar-refractivity contribution in [1.29, 1.82) is 5.41 Å². The molecule has 2 aromatic rings. The molecule has 9 heteroatoms. The smallest absolute Gasteiger partial charge is 0.427 e. The number of amidine groups is 1. The number of nitrogens with two attached hydrogens (primary N) is 1. The number of amides is 2. The fraction of sp³-hybridized carbons (Fsp3) is 0.250. The quantitative estimate of drug-likeness (QED) is 0.237. The van der Waals surface area contributed by atoms with E-state index in [0.717, 1.165) is 5.56 Å². The van der Waals surface area contributed by atoms with Gasteiger partial charge in [-0.3, -0.25) is 15.5 Å². The van der Waals surface area contributed by atoms with Crippen LogP contribution in [0.4, 0.5) is 16.2 Å². The second kappa shape index (κ2) is 8.24. The third-order valence-electron chi connectivity index (χ3n) is 5.07. The number of nitrogen functional groups attached to an aromatic ring is 1. The van der Waals surface area contributed by atoms with Gasteiger partial charge in [-0.1, -0.05) is 18.2 Å². The summed E-state index contributed by atoms with van der Waals surface area (Å²) in [6.07, 6.45) is 1.73. The van der Waals surface area contributed by atoms with Gasteiger partial charge in [-0.25, -0.2) is 4.79 Å². The molecule has 2 atom stereocenters.